The molecule has 1 unspecified atom stereocenters. The molecule has 1 saturated heterocycles. The average Bonchev–Trinajstić information content (AvgIpc) is 3.13. The standard InChI is InChI=1S/C16H16ClFN2OS/c17-11-5-6-12(18)13(9-11)19-16(21)10-20-7-1-3-14(20)15-4-2-8-22-15/h2,4-6,8-9,14H,1,3,7,10H2,(H,19,21)/p+1/t14-/m1/s1. The van der Waals surface area contributed by atoms with Crippen LogP contribution in [0.5, 0.6) is 0 Å². The van der Waals surface area contributed by atoms with E-state index in [4.69, 9.17) is 11.6 Å². The number of carbonyl (C=O) groups excluding carboxylic acids is 1. The molecule has 2 N–H and O–H groups in total. The van der Waals surface area contributed by atoms with Crippen molar-refractivity contribution in [3.63, 3.8) is 0 Å². The summed E-state index contributed by atoms with van der Waals surface area (Å²) in [4.78, 5) is 14.8. The molecule has 1 amide bonds. The molecule has 1 aromatic heterocycles. The highest BCUT2D eigenvalue weighted by Gasteiger charge is 2.32. The minimum atomic E-state index is -0.469. The lowest BCUT2D eigenvalue weighted by Gasteiger charge is -2.20. The summed E-state index contributed by atoms with van der Waals surface area (Å²) in [5, 5.41) is 5.09. The number of hydrogen-bond donors (Lipinski definition) is 2. The molecule has 0 aliphatic carbocycles. The van der Waals surface area contributed by atoms with Gasteiger partial charge in [0, 0.05) is 17.9 Å². The molecule has 3 nitrogen and oxygen atoms in total. The molecule has 1 aliphatic heterocycles. The molecular formula is C16H17ClFN2OS+. The van der Waals surface area contributed by atoms with Crippen molar-refractivity contribution in [1.82, 2.24) is 0 Å². The van der Waals surface area contributed by atoms with Crippen molar-refractivity contribution in [2.45, 2.75) is 18.9 Å². The van der Waals surface area contributed by atoms with E-state index in [9.17, 15) is 9.18 Å². The van der Waals surface area contributed by atoms with Gasteiger partial charge in [0.05, 0.1) is 17.1 Å². The minimum absolute atomic E-state index is 0.142. The second kappa shape index (κ2) is 6.77. The van der Waals surface area contributed by atoms with E-state index in [0.29, 0.717) is 17.6 Å². The van der Waals surface area contributed by atoms with E-state index < -0.39 is 5.82 Å². The predicted molar refractivity (Wildman–Crippen MR) is 87.0 cm³/mol. The Bertz CT molecular complexity index is 662. The summed E-state index contributed by atoms with van der Waals surface area (Å²) in [6, 6.07) is 8.69. The van der Waals surface area contributed by atoms with Gasteiger partial charge in [0.2, 0.25) is 0 Å². The van der Waals surface area contributed by atoms with Crippen LogP contribution >= 0.6 is 22.9 Å². The third kappa shape index (κ3) is 3.48. The first-order chi connectivity index (χ1) is 10.6. The van der Waals surface area contributed by atoms with Crippen molar-refractivity contribution in [3.05, 3.63) is 51.4 Å². The summed E-state index contributed by atoms with van der Waals surface area (Å²) in [7, 11) is 0. The third-order valence-electron chi connectivity index (χ3n) is 3.96. The second-order valence-corrected chi connectivity index (χ2v) is 6.88. The molecule has 1 fully saturated rings. The zero-order chi connectivity index (χ0) is 15.5. The first-order valence-electron chi connectivity index (χ1n) is 7.26. The number of halogens is 2. The molecule has 2 heterocycles. The van der Waals surface area contributed by atoms with Crippen molar-refractivity contribution in [1.29, 1.82) is 0 Å². The van der Waals surface area contributed by atoms with Crippen LogP contribution in [0.2, 0.25) is 5.02 Å². The van der Waals surface area contributed by atoms with E-state index in [0.717, 1.165) is 19.4 Å². The number of rotatable bonds is 4. The highest BCUT2D eigenvalue weighted by molar-refractivity contribution is 7.10. The van der Waals surface area contributed by atoms with Crippen molar-refractivity contribution < 1.29 is 14.1 Å². The fraction of sp³-hybridized carbons (Fsp3) is 0.312. The number of thiophene rings is 1. The van der Waals surface area contributed by atoms with Crippen LogP contribution in [0.3, 0.4) is 0 Å². The molecule has 2 aromatic rings. The molecule has 0 spiro atoms. The molecule has 0 bridgehead atoms. The van der Waals surface area contributed by atoms with Gasteiger partial charge in [-0.05, 0) is 29.6 Å². The Balaban J connectivity index is 1.65. The van der Waals surface area contributed by atoms with Gasteiger partial charge in [-0.1, -0.05) is 17.7 Å². The molecule has 2 atom stereocenters. The van der Waals surface area contributed by atoms with E-state index in [-0.39, 0.29) is 11.6 Å². The van der Waals surface area contributed by atoms with E-state index in [2.05, 4.69) is 16.8 Å². The minimum Gasteiger partial charge on any atom is -0.320 e. The summed E-state index contributed by atoms with van der Waals surface area (Å²) < 4.78 is 13.7. The van der Waals surface area contributed by atoms with E-state index in [1.54, 1.807) is 11.3 Å². The molecule has 1 aliphatic rings. The first-order valence-corrected chi connectivity index (χ1v) is 8.52. The fourth-order valence-electron chi connectivity index (χ4n) is 2.95. The molecule has 22 heavy (non-hydrogen) atoms. The van der Waals surface area contributed by atoms with Gasteiger partial charge in [0.25, 0.3) is 5.91 Å². The average molecular weight is 340 g/mol. The van der Waals surface area contributed by atoms with E-state index in [1.165, 1.54) is 28.0 Å². The number of hydrogen-bond acceptors (Lipinski definition) is 2. The number of benzene rings is 1. The molecule has 1 aromatic carbocycles. The smallest absolute Gasteiger partial charge is 0.279 e. The normalized spacial score (nSPS) is 21.0. The summed E-state index contributed by atoms with van der Waals surface area (Å²) in [5.41, 5.74) is 0.142. The Labute approximate surface area is 137 Å². The van der Waals surface area contributed by atoms with Crippen molar-refractivity contribution >= 4 is 34.5 Å². The van der Waals surface area contributed by atoms with Gasteiger partial charge in [-0.25, -0.2) is 4.39 Å². The lowest BCUT2D eigenvalue weighted by atomic mass is 10.2. The fourth-order valence-corrected chi connectivity index (χ4v) is 4.04. The van der Waals surface area contributed by atoms with Crippen LogP contribution in [-0.4, -0.2) is 19.0 Å². The topological polar surface area (TPSA) is 33.5 Å². The quantitative estimate of drug-likeness (QED) is 0.882. The van der Waals surface area contributed by atoms with Gasteiger partial charge >= 0.3 is 0 Å². The molecule has 6 heteroatoms. The van der Waals surface area contributed by atoms with Crippen molar-refractivity contribution in [2.24, 2.45) is 0 Å². The zero-order valence-electron chi connectivity index (χ0n) is 11.9. The monoisotopic (exact) mass is 339 g/mol. The number of likely N-dealkylation sites (tertiary alicyclic amines) is 1. The lowest BCUT2D eigenvalue weighted by molar-refractivity contribution is -0.910. The lowest BCUT2D eigenvalue weighted by Crippen LogP contribution is -3.11. The van der Waals surface area contributed by atoms with Gasteiger partial charge in [-0.2, -0.15) is 0 Å². The number of carbonyl (C=O) groups is 1. The van der Waals surface area contributed by atoms with E-state index >= 15 is 0 Å². The maximum absolute atomic E-state index is 13.7. The van der Waals surface area contributed by atoms with Gasteiger partial charge in [0.15, 0.2) is 6.54 Å². The summed E-state index contributed by atoms with van der Waals surface area (Å²) in [6.45, 7) is 1.31. The molecule has 116 valence electrons. The van der Waals surface area contributed by atoms with Crippen LogP contribution in [0.15, 0.2) is 35.7 Å². The van der Waals surface area contributed by atoms with Gasteiger partial charge in [-0.3, -0.25) is 4.79 Å². The predicted octanol–water partition coefficient (Wildman–Crippen LogP) is 2.90. The summed E-state index contributed by atoms with van der Waals surface area (Å²) in [6.07, 6.45) is 2.20. The summed E-state index contributed by atoms with van der Waals surface area (Å²) >= 11 is 7.57. The van der Waals surface area contributed by atoms with Crippen LogP contribution in [-0.2, 0) is 4.79 Å². The van der Waals surface area contributed by atoms with E-state index in [1.807, 2.05) is 6.07 Å². The Morgan fingerprint density at radius 3 is 3.09 bits per heavy atom. The number of anilines is 1. The molecule has 0 radical (unpaired) electrons. The number of nitrogens with one attached hydrogen (secondary N) is 2. The van der Waals surface area contributed by atoms with Gasteiger partial charge < -0.3 is 10.2 Å². The number of quaternary nitrogens is 1. The largest absolute Gasteiger partial charge is 0.320 e. The SMILES string of the molecule is O=C(C[NH+]1CCC[C@@H]1c1cccs1)Nc1cc(Cl)ccc1F. The highest BCUT2D eigenvalue weighted by Crippen LogP contribution is 2.23. The first kappa shape index (κ1) is 15.5. The Morgan fingerprint density at radius 1 is 1.45 bits per heavy atom. The van der Waals surface area contributed by atoms with Crippen LogP contribution in [0.4, 0.5) is 10.1 Å². The Morgan fingerprint density at radius 2 is 2.32 bits per heavy atom. The summed E-state index contributed by atoms with van der Waals surface area (Å²) in [5.74, 6) is -0.649. The van der Waals surface area contributed by atoms with Crippen molar-refractivity contribution in [2.75, 3.05) is 18.4 Å². The van der Waals surface area contributed by atoms with Crippen LogP contribution in [0.25, 0.3) is 0 Å². The maximum Gasteiger partial charge on any atom is 0.279 e. The van der Waals surface area contributed by atoms with Crippen molar-refractivity contribution in [3.8, 4) is 0 Å². The molecular weight excluding hydrogens is 323 g/mol. The van der Waals surface area contributed by atoms with Gasteiger partial charge in [0.1, 0.15) is 11.9 Å². The highest BCUT2D eigenvalue weighted by atomic mass is 35.5. The van der Waals surface area contributed by atoms with Gasteiger partial charge in [-0.15, -0.1) is 11.3 Å². The number of amides is 1. The Kier molecular flexibility index (Phi) is 4.76. The molecule has 3 rings (SSSR count). The van der Waals surface area contributed by atoms with Crippen LogP contribution in [0, 0.1) is 5.82 Å². The van der Waals surface area contributed by atoms with Crippen LogP contribution < -0.4 is 10.2 Å². The molecule has 0 saturated carbocycles. The zero-order valence-corrected chi connectivity index (χ0v) is 13.5. The second-order valence-electron chi connectivity index (χ2n) is 5.47. The third-order valence-corrected chi connectivity index (χ3v) is 5.18. The van der Waals surface area contributed by atoms with Crippen LogP contribution in [0.1, 0.15) is 23.8 Å². The maximum atomic E-state index is 13.7. The Hall–Kier alpha value is -1.43.